The Morgan fingerprint density at radius 2 is 1.63 bits per heavy atom. The van der Waals surface area contributed by atoms with Gasteiger partial charge in [-0.2, -0.15) is 0 Å². The summed E-state index contributed by atoms with van der Waals surface area (Å²) in [4.78, 5) is 23.3. The summed E-state index contributed by atoms with van der Waals surface area (Å²) in [6, 6.07) is 8.69. The van der Waals surface area contributed by atoms with Crippen molar-refractivity contribution < 1.29 is 31.5 Å². The molecule has 2 aromatic rings. The van der Waals surface area contributed by atoms with E-state index >= 15 is 0 Å². The minimum Gasteiger partial charge on any atom is -0.452 e. The zero-order valence-corrected chi connectivity index (χ0v) is 14.8. The molecule has 2 rings (SSSR count). The number of benzene rings is 2. The standard InChI is InChI=1S/C17H16F2N2O5S/c18-13-2-1-3-14(19)16(13)17(23)26-10-15(22)21-9-8-11-4-6-12(7-5-11)27(20,24)25/h1-7H,8-10H2,(H,21,22)(H2,20,24,25). The molecule has 0 aliphatic rings. The van der Waals surface area contributed by atoms with Gasteiger partial charge in [0.25, 0.3) is 5.91 Å². The lowest BCUT2D eigenvalue weighted by atomic mass is 10.1. The van der Waals surface area contributed by atoms with Gasteiger partial charge >= 0.3 is 5.97 Å². The van der Waals surface area contributed by atoms with Crippen LogP contribution in [-0.4, -0.2) is 33.4 Å². The Morgan fingerprint density at radius 1 is 1.04 bits per heavy atom. The van der Waals surface area contributed by atoms with Crippen molar-refractivity contribution in [1.82, 2.24) is 5.32 Å². The molecule has 0 aromatic heterocycles. The minimum absolute atomic E-state index is 0.0254. The van der Waals surface area contributed by atoms with Crippen LogP contribution in [0.25, 0.3) is 0 Å². The fraction of sp³-hybridized carbons (Fsp3) is 0.176. The number of carbonyl (C=O) groups excluding carboxylic acids is 2. The van der Waals surface area contributed by atoms with Crippen molar-refractivity contribution in [3.63, 3.8) is 0 Å². The zero-order valence-electron chi connectivity index (χ0n) is 13.9. The summed E-state index contributed by atoms with van der Waals surface area (Å²) in [5.74, 6) is -4.09. The van der Waals surface area contributed by atoms with Crippen LogP contribution < -0.4 is 10.5 Å². The largest absolute Gasteiger partial charge is 0.452 e. The van der Waals surface area contributed by atoms with Crippen molar-refractivity contribution in [2.24, 2.45) is 5.14 Å². The van der Waals surface area contributed by atoms with Gasteiger partial charge in [-0.25, -0.2) is 27.1 Å². The first-order valence-corrected chi connectivity index (χ1v) is 9.22. The van der Waals surface area contributed by atoms with Crippen LogP contribution in [0.4, 0.5) is 8.78 Å². The molecule has 0 bridgehead atoms. The van der Waals surface area contributed by atoms with Crippen molar-refractivity contribution >= 4 is 21.9 Å². The fourth-order valence-electron chi connectivity index (χ4n) is 2.14. The van der Waals surface area contributed by atoms with Gasteiger partial charge in [-0.1, -0.05) is 18.2 Å². The molecule has 0 aliphatic carbocycles. The van der Waals surface area contributed by atoms with E-state index in [1.807, 2.05) is 0 Å². The Balaban J connectivity index is 1.79. The van der Waals surface area contributed by atoms with Crippen molar-refractivity contribution in [1.29, 1.82) is 0 Å². The van der Waals surface area contributed by atoms with Crippen molar-refractivity contribution in [2.75, 3.05) is 13.2 Å². The van der Waals surface area contributed by atoms with Gasteiger partial charge in [0.05, 0.1) is 4.90 Å². The first kappa shape index (κ1) is 20.5. The third-order valence-electron chi connectivity index (χ3n) is 3.49. The number of hydrogen-bond donors (Lipinski definition) is 2. The second-order valence-corrected chi connectivity index (χ2v) is 7.02. The summed E-state index contributed by atoms with van der Waals surface area (Å²) in [7, 11) is -3.77. The number of primary sulfonamides is 1. The first-order chi connectivity index (χ1) is 12.7. The molecular weight excluding hydrogens is 382 g/mol. The molecule has 0 heterocycles. The molecule has 0 saturated carbocycles. The number of halogens is 2. The first-order valence-electron chi connectivity index (χ1n) is 7.68. The normalized spacial score (nSPS) is 11.1. The molecule has 144 valence electrons. The van der Waals surface area contributed by atoms with Gasteiger partial charge in [-0.15, -0.1) is 0 Å². The maximum atomic E-state index is 13.4. The smallest absolute Gasteiger partial charge is 0.344 e. The lowest BCUT2D eigenvalue weighted by Crippen LogP contribution is -2.30. The summed E-state index contributed by atoms with van der Waals surface area (Å²) in [5.41, 5.74) is -0.117. The summed E-state index contributed by atoms with van der Waals surface area (Å²) in [6.07, 6.45) is 0.381. The van der Waals surface area contributed by atoms with Crippen LogP contribution in [-0.2, 0) is 26.0 Å². The predicted molar refractivity (Wildman–Crippen MR) is 91.2 cm³/mol. The number of esters is 1. The maximum Gasteiger partial charge on any atom is 0.344 e. The summed E-state index contributed by atoms with van der Waals surface area (Å²) in [6.45, 7) is -0.518. The molecule has 0 atom stereocenters. The number of nitrogens with one attached hydrogen (secondary N) is 1. The molecular formula is C17H16F2N2O5S. The molecule has 0 unspecified atom stereocenters. The number of sulfonamides is 1. The SMILES string of the molecule is NS(=O)(=O)c1ccc(CCNC(=O)COC(=O)c2c(F)cccc2F)cc1. The fourth-order valence-corrected chi connectivity index (χ4v) is 2.65. The van der Waals surface area contributed by atoms with Crippen LogP contribution in [0.3, 0.4) is 0 Å². The lowest BCUT2D eigenvalue weighted by molar-refractivity contribution is -0.124. The predicted octanol–water partition coefficient (Wildman–Crippen LogP) is 1.13. The van der Waals surface area contributed by atoms with E-state index in [0.717, 1.165) is 23.8 Å². The second-order valence-electron chi connectivity index (χ2n) is 5.46. The number of hydrogen-bond acceptors (Lipinski definition) is 5. The van der Waals surface area contributed by atoms with Gasteiger partial charge in [0.2, 0.25) is 10.0 Å². The van der Waals surface area contributed by atoms with E-state index in [4.69, 9.17) is 5.14 Å². The molecule has 7 nitrogen and oxygen atoms in total. The third-order valence-corrected chi connectivity index (χ3v) is 4.42. The van der Waals surface area contributed by atoms with Crippen LogP contribution >= 0.6 is 0 Å². The highest BCUT2D eigenvalue weighted by molar-refractivity contribution is 7.89. The van der Waals surface area contributed by atoms with Crippen LogP contribution in [0.2, 0.25) is 0 Å². The van der Waals surface area contributed by atoms with Crippen LogP contribution in [0.15, 0.2) is 47.4 Å². The summed E-state index contributed by atoms with van der Waals surface area (Å²) >= 11 is 0. The van der Waals surface area contributed by atoms with Gasteiger partial charge in [-0.3, -0.25) is 4.79 Å². The van der Waals surface area contributed by atoms with E-state index in [-0.39, 0.29) is 11.4 Å². The maximum absolute atomic E-state index is 13.4. The molecule has 0 spiro atoms. The van der Waals surface area contributed by atoms with Crippen molar-refractivity contribution in [3.8, 4) is 0 Å². The highest BCUT2D eigenvalue weighted by atomic mass is 32.2. The topological polar surface area (TPSA) is 116 Å². The Labute approximate surface area is 154 Å². The number of ether oxygens (including phenoxy) is 1. The Bertz CT molecular complexity index is 926. The average Bonchev–Trinajstić information content (AvgIpc) is 2.59. The quantitative estimate of drug-likeness (QED) is 0.679. The zero-order chi connectivity index (χ0) is 20.0. The molecule has 2 aromatic carbocycles. The van der Waals surface area contributed by atoms with E-state index in [9.17, 15) is 26.8 Å². The van der Waals surface area contributed by atoms with Crippen molar-refractivity contribution in [3.05, 3.63) is 65.2 Å². The van der Waals surface area contributed by atoms with E-state index in [1.165, 1.54) is 12.1 Å². The summed E-state index contributed by atoms with van der Waals surface area (Å²) in [5, 5.41) is 7.46. The number of rotatable bonds is 7. The molecule has 27 heavy (non-hydrogen) atoms. The van der Waals surface area contributed by atoms with E-state index in [2.05, 4.69) is 10.1 Å². The van der Waals surface area contributed by atoms with Crippen LogP contribution in [0.1, 0.15) is 15.9 Å². The molecule has 10 heteroatoms. The highest BCUT2D eigenvalue weighted by Crippen LogP contribution is 2.13. The van der Waals surface area contributed by atoms with Gasteiger partial charge < -0.3 is 10.1 Å². The highest BCUT2D eigenvalue weighted by Gasteiger charge is 2.19. The number of carbonyl (C=O) groups is 2. The Kier molecular flexibility index (Phi) is 6.59. The monoisotopic (exact) mass is 398 g/mol. The van der Waals surface area contributed by atoms with E-state index in [1.54, 1.807) is 12.1 Å². The van der Waals surface area contributed by atoms with Crippen LogP contribution in [0, 0.1) is 11.6 Å². The third kappa shape index (κ3) is 5.83. The molecule has 1 amide bonds. The minimum atomic E-state index is -3.77. The van der Waals surface area contributed by atoms with Gasteiger partial charge in [-0.05, 0) is 36.2 Å². The van der Waals surface area contributed by atoms with Gasteiger partial charge in [0, 0.05) is 6.54 Å². The lowest BCUT2D eigenvalue weighted by Gasteiger charge is -2.08. The molecule has 0 saturated heterocycles. The molecule has 0 aliphatic heterocycles. The van der Waals surface area contributed by atoms with E-state index in [0.29, 0.717) is 6.42 Å². The van der Waals surface area contributed by atoms with Gasteiger partial charge in [0.15, 0.2) is 6.61 Å². The average molecular weight is 398 g/mol. The second kappa shape index (κ2) is 8.69. The van der Waals surface area contributed by atoms with E-state index < -0.39 is 45.7 Å². The molecule has 0 radical (unpaired) electrons. The summed E-state index contributed by atoms with van der Waals surface area (Å²) < 4.78 is 53.8. The number of amides is 1. The Morgan fingerprint density at radius 3 is 2.19 bits per heavy atom. The Hall–Kier alpha value is -2.85. The number of nitrogens with two attached hydrogens (primary N) is 1. The van der Waals surface area contributed by atoms with Crippen molar-refractivity contribution in [2.45, 2.75) is 11.3 Å². The van der Waals surface area contributed by atoms with Gasteiger partial charge in [0.1, 0.15) is 17.2 Å². The molecule has 3 N–H and O–H groups in total. The molecule has 0 fully saturated rings. The van der Waals surface area contributed by atoms with Crippen LogP contribution in [0.5, 0.6) is 0 Å².